The number of aryl methyl sites for hydroxylation is 2. The highest BCUT2D eigenvalue weighted by molar-refractivity contribution is 5.81. The van der Waals surface area contributed by atoms with E-state index >= 15 is 0 Å². The third kappa shape index (κ3) is 8.57. The topological polar surface area (TPSA) is 98.8 Å². The molecule has 0 aromatic carbocycles. The summed E-state index contributed by atoms with van der Waals surface area (Å²) in [7, 11) is 1.29. The van der Waals surface area contributed by atoms with Crippen LogP contribution in [-0.4, -0.2) is 55.6 Å². The predicted octanol–water partition coefficient (Wildman–Crippen LogP) is 3.24. The number of hydrogen-bond acceptors (Lipinski definition) is 7. The third-order valence-electron chi connectivity index (χ3n) is 4.65. The smallest absolute Gasteiger partial charge is 0.408 e. The summed E-state index contributed by atoms with van der Waals surface area (Å²) in [4.78, 5) is 28.5. The first-order valence-electron chi connectivity index (χ1n) is 10.7. The van der Waals surface area contributed by atoms with Crippen molar-refractivity contribution in [3.63, 3.8) is 0 Å². The molecule has 1 aromatic rings. The predicted molar refractivity (Wildman–Crippen MR) is 115 cm³/mol. The summed E-state index contributed by atoms with van der Waals surface area (Å²) in [5.41, 5.74) is 1.76. The van der Waals surface area contributed by atoms with E-state index in [1.165, 1.54) is 12.7 Å². The lowest BCUT2D eigenvalue weighted by Gasteiger charge is -2.22. The van der Waals surface area contributed by atoms with Crippen LogP contribution in [0.1, 0.15) is 57.7 Å². The van der Waals surface area contributed by atoms with Crippen molar-refractivity contribution >= 4 is 17.9 Å². The first-order valence-corrected chi connectivity index (χ1v) is 10.7. The molecule has 1 amide bonds. The van der Waals surface area contributed by atoms with Gasteiger partial charge in [0.25, 0.3) is 0 Å². The van der Waals surface area contributed by atoms with E-state index in [4.69, 9.17) is 19.2 Å². The summed E-state index contributed by atoms with van der Waals surface area (Å²) in [6, 6.07) is 3.48. The van der Waals surface area contributed by atoms with Gasteiger partial charge in [-0.2, -0.15) is 0 Å². The van der Waals surface area contributed by atoms with Crippen LogP contribution in [0.3, 0.4) is 0 Å². The van der Waals surface area contributed by atoms with E-state index in [0.29, 0.717) is 19.6 Å². The molecule has 0 bridgehead atoms. The van der Waals surface area contributed by atoms with Crippen LogP contribution in [0.5, 0.6) is 0 Å². The van der Waals surface area contributed by atoms with Crippen molar-refractivity contribution in [1.29, 1.82) is 0 Å². The van der Waals surface area contributed by atoms with Crippen LogP contribution in [0.15, 0.2) is 12.1 Å². The molecule has 2 N–H and O–H groups in total. The van der Waals surface area contributed by atoms with E-state index in [0.717, 1.165) is 50.2 Å². The minimum atomic E-state index is -0.794. The van der Waals surface area contributed by atoms with Crippen molar-refractivity contribution in [3.05, 3.63) is 23.4 Å². The lowest BCUT2D eigenvalue weighted by atomic mass is 10.1. The van der Waals surface area contributed by atoms with E-state index in [2.05, 4.69) is 22.8 Å². The number of methoxy groups -OCH3 is 1. The van der Waals surface area contributed by atoms with E-state index in [1.807, 2.05) is 0 Å². The molecule has 8 nitrogen and oxygen atoms in total. The minimum absolute atomic E-state index is 0.323. The Morgan fingerprint density at radius 3 is 2.77 bits per heavy atom. The number of unbranched alkanes of at least 4 members (excludes halogenated alkanes) is 1. The molecular formula is C22H35N3O5. The number of rotatable bonds is 10. The Labute approximate surface area is 179 Å². The zero-order chi connectivity index (χ0) is 22.0. The van der Waals surface area contributed by atoms with Crippen molar-refractivity contribution in [2.24, 2.45) is 0 Å². The van der Waals surface area contributed by atoms with Crippen LogP contribution in [0.25, 0.3) is 0 Å². The Balaban J connectivity index is 1.63. The van der Waals surface area contributed by atoms with E-state index < -0.39 is 23.7 Å². The molecule has 2 heterocycles. The van der Waals surface area contributed by atoms with Crippen molar-refractivity contribution < 1.29 is 23.8 Å². The summed E-state index contributed by atoms with van der Waals surface area (Å²) < 4.78 is 15.6. The highest BCUT2D eigenvalue weighted by atomic mass is 16.6. The molecule has 1 aromatic heterocycles. The van der Waals surface area contributed by atoms with Gasteiger partial charge in [0.2, 0.25) is 0 Å². The summed E-state index contributed by atoms with van der Waals surface area (Å²) in [6.07, 6.45) is 4.71. The van der Waals surface area contributed by atoms with Gasteiger partial charge < -0.3 is 24.8 Å². The summed E-state index contributed by atoms with van der Waals surface area (Å²) in [5, 5.41) is 5.90. The second kappa shape index (κ2) is 11.7. The molecule has 0 fully saturated rings. The van der Waals surface area contributed by atoms with Gasteiger partial charge in [0, 0.05) is 31.9 Å². The van der Waals surface area contributed by atoms with Gasteiger partial charge in [0.15, 0.2) is 0 Å². The van der Waals surface area contributed by atoms with Crippen LogP contribution < -0.4 is 10.6 Å². The summed E-state index contributed by atoms with van der Waals surface area (Å²) >= 11 is 0. The first-order chi connectivity index (χ1) is 14.3. The van der Waals surface area contributed by atoms with Crippen molar-refractivity contribution in [2.75, 3.05) is 32.2 Å². The molecule has 8 heteroatoms. The monoisotopic (exact) mass is 421 g/mol. The standard InChI is InChI=1S/C22H35N3O5/c1-22(2,3)30-21(27)25-18(20(26)28-4)12-15-29-14-6-5-9-17-11-10-16-8-7-13-23-19(16)24-17/h10-11,18H,5-9,12-15H2,1-4H3,(H,23,24)(H,25,27). The molecule has 0 aliphatic carbocycles. The van der Waals surface area contributed by atoms with Crippen LogP contribution in [-0.2, 0) is 31.8 Å². The SMILES string of the molecule is COC(=O)C(CCOCCCCc1ccc2c(n1)NCCC2)NC(=O)OC(C)(C)C. The van der Waals surface area contributed by atoms with E-state index in [9.17, 15) is 9.59 Å². The highest BCUT2D eigenvalue weighted by Crippen LogP contribution is 2.20. The van der Waals surface area contributed by atoms with Crippen molar-refractivity contribution in [1.82, 2.24) is 10.3 Å². The average Bonchev–Trinajstić information content (AvgIpc) is 2.70. The Kier molecular flexibility index (Phi) is 9.36. The molecular weight excluding hydrogens is 386 g/mol. The molecule has 30 heavy (non-hydrogen) atoms. The minimum Gasteiger partial charge on any atom is -0.467 e. The normalized spacial score (nSPS) is 14.3. The maximum Gasteiger partial charge on any atom is 0.408 e. The number of hydrogen-bond donors (Lipinski definition) is 2. The Morgan fingerprint density at radius 2 is 2.03 bits per heavy atom. The molecule has 1 atom stereocenters. The highest BCUT2D eigenvalue weighted by Gasteiger charge is 2.24. The van der Waals surface area contributed by atoms with Crippen LogP contribution in [0.4, 0.5) is 10.6 Å². The van der Waals surface area contributed by atoms with Crippen LogP contribution in [0.2, 0.25) is 0 Å². The van der Waals surface area contributed by atoms with Crippen LogP contribution in [0, 0.1) is 0 Å². The van der Waals surface area contributed by atoms with Crippen molar-refractivity contribution in [2.45, 2.75) is 70.9 Å². The molecule has 1 unspecified atom stereocenters. The quantitative estimate of drug-likeness (QED) is 0.442. The Hall–Kier alpha value is -2.35. The fraction of sp³-hybridized carbons (Fsp3) is 0.682. The Morgan fingerprint density at radius 1 is 1.23 bits per heavy atom. The molecule has 0 saturated carbocycles. The maximum atomic E-state index is 11.9. The molecule has 1 aliphatic rings. The molecule has 0 saturated heterocycles. The maximum absolute atomic E-state index is 11.9. The average molecular weight is 422 g/mol. The second-order valence-electron chi connectivity index (χ2n) is 8.42. The number of anilines is 1. The zero-order valence-electron chi connectivity index (χ0n) is 18.6. The first kappa shape index (κ1) is 23.9. The number of carbonyl (C=O) groups is 2. The fourth-order valence-electron chi connectivity index (χ4n) is 3.16. The van der Waals surface area contributed by atoms with Gasteiger partial charge in [-0.3, -0.25) is 0 Å². The largest absolute Gasteiger partial charge is 0.467 e. The number of alkyl carbamates (subject to hydrolysis) is 1. The van der Waals surface area contributed by atoms with Crippen molar-refractivity contribution in [3.8, 4) is 0 Å². The third-order valence-corrected chi connectivity index (χ3v) is 4.65. The number of pyridine rings is 1. The number of carbonyl (C=O) groups excluding carboxylic acids is 2. The van der Waals surface area contributed by atoms with Gasteiger partial charge in [-0.25, -0.2) is 14.6 Å². The second-order valence-corrected chi connectivity index (χ2v) is 8.42. The zero-order valence-corrected chi connectivity index (χ0v) is 18.6. The molecule has 0 spiro atoms. The molecule has 0 radical (unpaired) electrons. The van der Waals surface area contributed by atoms with Gasteiger partial charge in [0.1, 0.15) is 17.5 Å². The lowest BCUT2D eigenvalue weighted by molar-refractivity contribution is -0.143. The summed E-state index contributed by atoms with van der Waals surface area (Å²) in [5.74, 6) is 0.512. The molecule has 168 valence electrons. The lowest BCUT2D eigenvalue weighted by Crippen LogP contribution is -2.44. The van der Waals surface area contributed by atoms with Gasteiger partial charge in [-0.15, -0.1) is 0 Å². The molecule has 1 aliphatic heterocycles. The number of aromatic nitrogens is 1. The number of fused-ring (bicyclic) bond motifs is 1. The number of ether oxygens (including phenoxy) is 3. The van der Waals surface area contributed by atoms with E-state index in [1.54, 1.807) is 20.8 Å². The van der Waals surface area contributed by atoms with Gasteiger partial charge in [-0.1, -0.05) is 6.07 Å². The van der Waals surface area contributed by atoms with Gasteiger partial charge in [-0.05, 0) is 64.5 Å². The number of nitrogens with one attached hydrogen (secondary N) is 2. The molecule has 2 rings (SSSR count). The van der Waals surface area contributed by atoms with Crippen LogP contribution >= 0.6 is 0 Å². The van der Waals surface area contributed by atoms with Gasteiger partial charge >= 0.3 is 12.1 Å². The fourth-order valence-corrected chi connectivity index (χ4v) is 3.16. The Bertz CT molecular complexity index is 703. The number of amides is 1. The van der Waals surface area contributed by atoms with E-state index in [-0.39, 0.29) is 0 Å². The van der Waals surface area contributed by atoms with Gasteiger partial charge in [0.05, 0.1) is 7.11 Å². The summed E-state index contributed by atoms with van der Waals surface area (Å²) in [6.45, 7) is 7.21. The number of nitrogens with zero attached hydrogens (tertiary/aromatic N) is 1. The number of esters is 1.